The van der Waals surface area contributed by atoms with Gasteiger partial charge >= 0.3 is 0 Å². The average molecular weight is 299 g/mol. The van der Waals surface area contributed by atoms with E-state index in [-0.39, 0.29) is 11.6 Å². The molecule has 4 heteroatoms. The third-order valence-electron chi connectivity index (χ3n) is 3.84. The van der Waals surface area contributed by atoms with Gasteiger partial charge in [0.2, 0.25) is 0 Å². The number of benzene rings is 1. The van der Waals surface area contributed by atoms with Crippen molar-refractivity contribution in [1.82, 2.24) is 5.32 Å². The van der Waals surface area contributed by atoms with Crippen molar-refractivity contribution in [2.24, 2.45) is 0 Å². The first-order valence-electron chi connectivity index (χ1n) is 7.55. The highest BCUT2D eigenvalue weighted by atomic mass is 32.2. The largest absolute Gasteiger partial charge is 0.313 e. The Morgan fingerprint density at radius 3 is 2.65 bits per heavy atom. The summed E-state index contributed by atoms with van der Waals surface area (Å²) in [6, 6.07) is 4.12. The van der Waals surface area contributed by atoms with E-state index in [0.29, 0.717) is 16.2 Å². The maximum atomic E-state index is 13.8. The number of thioether (sulfide) groups is 1. The molecule has 1 nitrogen and oxygen atoms in total. The predicted octanol–water partition coefficient (Wildman–Crippen LogP) is 4.76. The van der Waals surface area contributed by atoms with Gasteiger partial charge in [0.05, 0.1) is 0 Å². The second kappa shape index (κ2) is 7.99. The van der Waals surface area contributed by atoms with Gasteiger partial charge in [0.15, 0.2) is 0 Å². The first-order valence-corrected chi connectivity index (χ1v) is 8.43. The third-order valence-corrected chi connectivity index (χ3v) is 5.27. The van der Waals surface area contributed by atoms with Crippen LogP contribution >= 0.6 is 11.8 Å². The van der Waals surface area contributed by atoms with E-state index < -0.39 is 0 Å². The van der Waals surface area contributed by atoms with Gasteiger partial charge < -0.3 is 5.32 Å². The van der Waals surface area contributed by atoms with Crippen LogP contribution in [0, 0.1) is 11.6 Å². The summed E-state index contributed by atoms with van der Waals surface area (Å²) in [6.07, 6.45) is 7.13. The standard InChI is InChI=1S/C16H23F2NS/c1-2-19-14-7-5-3-4-6-8-15(14)20-16-11-12(17)9-10-13(16)18/h9-11,14-15,19H,2-8H2,1H3. The van der Waals surface area contributed by atoms with E-state index in [0.717, 1.165) is 19.4 Å². The van der Waals surface area contributed by atoms with Crippen LogP contribution in [-0.4, -0.2) is 17.8 Å². The number of halogens is 2. The van der Waals surface area contributed by atoms with Crippen LogP contribution in [0.1, 0.15) is 45.4 Å². The van der Waals surface area contributed by atoms with E-state index in [4.69, 9.17) is 0 Å². The van der Waals surface area contributed by atoms with Gasteiger partial charge in [-0.1, -0.05) is 32.6 Å². The Morgan fingerprint density at radius 1 is 1.15 bits per heavy atom. The highest BCUT2D eigenvalue weighted by Crippen LogP contribution is 2.34. The lowest BCUT2D eigenvalue weighted by Gasteiger charge is -2.29. The van der Waals surface area contributed by atoms with Gasteiger partial charge in [0.1, 0.15) is 11.6 Å². The summed E-state index contributed by atoms with van der Waals surface area (Å²) >= 11 is 1.50. The Hall–Kier alpha value is -0.610. The molecule has 1 aliphatic carbocycles. The van der Waals surface area contributed by atoms with Gasteiger partial charge in [0, 0.05) is 16.2 Å². The SMILES string of the molecule is CCNC1CCCCCCC1Sc1cc(F)ccc1F. The molecule has 1 N–H and O–H groups in total. The molecule has 0 aliphatic heterocycles. The molecule has 2 atom stereocenters. The van der Waals surface area contributed by atoms with E-state index in [1.807, 2.05) is 0 Å². The van der Waals surface area contributed by atoms with Crippen LogP contribution < -0.4 is 5.32 Å². The van der Waals surface area contributed by atoms with E-state index in [2.05, 4.69) is 12.2 Å². The summed E-state index contributed by atoms with van der Waals surface area (Å²) in [5.74, 6) is -0.673. The number of rotatable bonds is 4. The van der Waals surface area contributed by atoms with Crippen molar-refractivity contribution in [3.05, 3.63) is 29.8 Å². The molecular weight excluding hydrogens is 276 g/mol. The molecule has 112 valence electrons. The maximum absolute atomic E-state index is 13.8. The molecule has 0 radical (unpaired) electrons. The molecule has 1 saturated carbocycles. The smallest absolute Gasteiger partial charge is 0.136 e. The molecule has 0 heterocycles. The zero-order valence-corrected chi connectivity index (χ0v) is 12.8. The first kappa shape index (κ1) is 15.8. The van der Waals surface area contributed by atoms with E-state index in [9.17, 15) is 8.78 Å². The van der Waals surface area contributed by atoms with Crippen molar-refractivity contribution in [2.45, 2.75) is 61.6 Å². The molecule has 1 aliphatic rings. The molecule has 20 heavy (non-hydrogen) atoms. The van der Waals surface area contributed by atoms with Crippen molar-refractivity contribution in [3.63, 3.8) is 0 Å². The zero-order chi connectivity index (χ0) is 14.4. The fourth-order valence-corrected chi connectivity index (χ4v) is 4.19. The number of hydrogen-bond donors (Lipinski definition) is 1. The zero-order valence-electron chi connectivity index (χ0n) is 12.0. The monoisotopic (exact) mass is 299 g/mol. The highest BCUT2D eigenvalue weighted by molar-refractivity contribution is 8.00. The first-order chi connectivity index (χ1) is 9.70. The van der Waals surface area contributed by atoms with E-state index in [1.165, 1.54) is 55.6 Å². The van der Waals surface area contributed by atoms with Gasteiger partial charge in [-0.2, -0.15) is 0 Å². The average Bonchev–Trinajstić information content (AvgIpc) is 2.41. The number of nitrogens with one attached hydrogen (secondary N) is 1. The minimum absolute atomic E-state index is 0.311. The fraction of sp³-hybridized carbons (Fsp3) is 0.625. The second-order valence-electron chi connectivity index (χ2n) is 5.39. The van der Waals surface area contributed by atoms with Crippen molar-refractivity contribution < 1.29 is 8.78 Å². The summed E-state index contributed by atoms with van der Waals surface area (Å²) in [4.78, 5) is 0.443. The van der Waals surface area contributed by atoms with Crippen molar-refractivity contribution >= 4 is 11.8 Å². The fourth-order valence-electron chi connectivity index (χ4n) is 2.82. The minimum atomic E-state index is -0.361. The third kappa shape index (κ3) is 4.45. The predicted molar refractivity (Wildman–Crippen MR) is 81.2 cm³/mol. The summed E-state index contributed by atoms with van der Waals surface area (Å²) < 4.78 is 27.1. The van der Waals surface area contributed by atoms with Gasteiger partial charge in [0.25, 0.3) is 0 Å². The molecule has 2 unspecified atom stereocenters. The Kier molecular flexibility index (Phi) is 6.30. The topological polar surface area (TPSA) is 12.0 Å². The van der Waals surface area contributed by atoms with Crippen LogP contribution in [0.2, 0.25) is 0 Å². The maximum Gasteiger partial charge on any atom is 0.136 e. The highest BCUT2D eigenvalue weighted by Gasteiger charge is 2.24. The Morgan fingerprint density at radius 2 is 1.90 bits per heavy atom. The van der Waals surface area contributed by atoms with Crippen LogP contribution in [0.3, 0.4) is 0 Å². The molecule has 2 rings (SSSR count). The van der Waals surface area contributed by atoms with Crippen molar-refractivity contribution in [3.8, 4) is 0 Å². The molecular formula is C16H23F2NS. The van der Waals surface area contributed by atoms with E-state index >= 15 is 0 Å². The van der Waals surface area contributed by atoms with Crippen LogP contribution in [0.4, 0.5) is 8.78 Å². The molecule has 0 amide bonds. The second-order valence-corrected chi connectivity index (χ2v) is 6.67. The summed E-state index contributed by atoms with van der Waals surface area (Å²) in [5.41, 5.74) is 0. The van der Waals surface area contributed by atoms with Gasteiger partial charge in [-0.15, -0.1) is 11.8 Å². The van der Waals surface area contributed by atoms with Gasteiger partial charge in [-0.05, 0) is 37.6 Å². The summed E-state index contributed by atoms with van der Waals surface area (Å²) in [7, 11) is 0. The quantitative estimate of drug-likeness (QED) is 0.860. The lowest BCUT2D eigenvalue weighted by molar-refractivity contribution is 0.406. The molecule has 0 bridgehead atoms. The lowest BCUT2D eigenvalue weighted by Crippen LogP contribution is -2.38. The Labute approximate surface area is 124 Å². The van der Waals surface area contributed by atoms with Crippen molar-refractivity contribution in [2.75, 3.05) is 6.54 Å². The number of hydrogen-bond acceptors (Lipinski definition) is 2. The Balaban J connectivity index is 2.10. The van der Waals surface area contributed by atoms with Gasteiger partial charge in [-0.3, -0.25) is 0 Å². The van der Waals surface area contributed by atoms with Crippen LogP contribution in [0.15, 0.2) is 23.1 Å². The molecule has 0 saturated heterocycles. The summed E-state index contributed by atoms with van der Waals surface area (Å²) in [5, 5.41) is 3.85. The Bertz CT molecular complexity index is 425. The molecule has 1 fully saturated rings. The molecule has 1 aromatic rings. The summed E-state index contributed by atoms with van der Waals surface area (Å²) in [6.45, 7) is 3.02. The van der Waals surface area contributed by atoms with Crippen LogP contribution in [-0.2, 0) is 0 Å². The van der Waals surface area contributed by atoms with Gasteiger partial charge in [-0.25, -0.2) is 8.78 Å². The van der Waals surface area contributed by atoms with E-state index in [1.54, 1.807) is 0 Å². The molecule has 1 aromatic carbocycles. The van der Waals surface area contributed by atoms with Crippen LogP contribution in [0.25, 0.3) is 0 Å². The van der Waals surface area contributed by atoms with Crippen LogP contribution in [0.5, 0.6) is 0 Å². The normalized spacial score (nSPS) is 24.1. The van der Waals surface area contributed by atoms with Crippen molar-refractivity contribution in [1.29, 1.82) is 0 Å². The molecule has 0 spiro atoms. The lowest BCUT2D eigenvalue weighted by atomic mass is 9.96. The minimum Gasteiger partial charge on any atom is -0.313 e. The molecule has 0 aromatic heterocycles.